The van der Waals surface area contributed by atoms with Gasteiger partial charge in [-0.25, -0.2) is 0 Å². The Balaban J connectivity index is 1.48. The summed E-state index contributed by atoms with van der Waals surface area (Å²) >= 11 is 8.25. The molecule has 3 saturated heterocycles. The molecule has 1 N–H and O–H groups in total. The standard InChI is InChI=1S/C39H42ClN3O5S/c1-5-23-41(27-17-19-28(20-18-27)48-7-3)35(45)32-33-36(46)43(31(25-44)26-13-9-8-10-14-26)34(39(33)22-21-38(32,4)49-39)37(47)42(24-6-2)30-16-12-11-15-29(30)40/h5-6,8-20,31-34,44H,1-2,7,21-25H2,3-4H3/t31-,32-,33+,34?,38+,39?/m1/s1. The van der Waals surface area contributed by atoms with Gasteiger partial charge < -0.3 is 24.5 Å². The number of anilines is 2. The molecule has 2 bridgehead atoms. The first-order valence-corrected chi connectivity index (χ1v) is 17.8. The summed E-state index contributed by atoms with van der Waals surface area (Å²) in [5.41, 5.74) is 1.88. The number of nitrogens with zero attached hydrogens (tertiary/aromatic N) is 3. The highest BCUT2D eigenvalue weighted by molar-refractivity contribution is 8.02. The van der Waals surface area contributed by atoms with Gasteiger partial charge in [-0.05, 0) is 68.7 Å². The molecule has 0 aliphatic carbocycles. The summed E-state index contributed by atoms with van der Waals surface area (Å²) in [6.07, 6.45) is 4.51. The van der Waals surface area contributed by atoms with E-state index >= 15 is 9.59 Å². The van der Waals surface area contributed by atoms with Crippen molar-refractivity contribution in [2.24, 2.45) is 11.8 Å². The summed E-state index contributed by atoms with van der Waals surface area (Å²) < 4.78 is 4.10. The molecule has 3 aromatic carbocycles. The van der Waals surface area contributed by atoms with Gasteiger partial charge in [-0.2, -0.15) is 0 Å². The quantitative estimate of drug-likeness (QED) is 0.200. The van der Waals surface area contributed by atoms with Gasteiger partial charge in [-0.1, -0.05) is 66.2 Å². The van der Waals surface area contributed by atoms with Crippen molar-refractivity contribution in [2.45, 2.75) is 48.3 Å². The Morgan fingerprint density at radius 1 is 1.00 bits per heavy atom. The SMILES string of the molecule is C=CCN(C(=O)[C@H]1[C@H]2C(=O)N([C@H](CO)c3ccccc3)C(C(=O)N(CC=C)c3ccccc3Cl)C23CC[C@]1(C)S3)c1ccc(OCC)cc1. The summed E-state index contributed by atoms with van der Waals surface area (Å²) in [6, 6.07) is 21.9. The molecule has 3 aliphatic heterocycles. The van der Waals surface area contributed by atoms with Gasteiger partial charge in [0.15, 0.2) is 0 Å². The van der Waals surface area contributed by atoms with E-state index in [1.165, 1.54) is 0 Å². The van der Waals surface area contributed by atoms with Crippen LogP contribution in [0, 0.1) is 11.8 Å². The van der Waals surface area contributed by atoms with E-state index in [0.717, 1.165) is 0 Å². The summed E-state index contributed by atoms with van der Waals surface area (Å²) in [5, 5.41) is 11.3. The smallest absolute Gasteiger partial charge is 0.251 e. The fourth-order valence-corrected chi connectivity index (χ4v) is 10.7. The van der Waals surface area contributed by atoms with Gasteiger partial charge in [0.2, 0.25) is 11.8 Å². The Bertz CT molecular complexity index is 1740. The maximum atomic E-state index is 15.2. The van der Waals surface area contributed by atoms with Gasteiger partial charge >= 0.3 is 0 Å². The van der Waals surface area contributed by atoms with E-state index in [-0.39, 0.29) is 30.8 Å². The van der Waals surface area contributed by atoms with E-state index in [4.69, 9.17) is 16.3 Å². The molecular formula is C39H42ClN3O5S. The number of hydrogen-bond acceptors (Lipinski definition) is 6. The molecule has 0 saturated carbocycles. The molecule has 3 aliphatic rings. The number of fused-ring (bicyclic) bond motifs is 1. The van der Waals surface area contributed by atoms with E-state index < -0.39 is 40.0 Å². The van der Waals surface area contributed by atoms with E-state index in [0.29, 0.717) is 47.2 Å². The summed E-state index contributed by atoms with van der Waals surface area (Å²) in [7, 11) is 0. The molecular weight excluding hydrogens is 658 g/mol. The minimum atomic E-state index is -0.985. The minimum Gasteiger partial charge on any atom is -0.494 e. The molecule has 3 aromatic rings. The van der Waals surface area contributed by atoms with Gasteiger partial charge in [0.05, 0.1) is 46.5 Å². The molecule has 1 spiro atoms. The third kappa shape index (κ3) is 5.85. The van der Waals surface area contributed by atoms with Gasteiger partial charge in [-0.3, -0.25) is 14.4 Å². The van der Waals surface area contributed by atoms with Crippen molar-refractivity contribution < 1.29 is 24.2 Å². The van der Waals surface area contributed by atoms with Crippen LogP contribution < -0.4 is 14.5 Å². The van der Waals surface area contributed by atoms with Crippen LogP contribution >= 0.6 is 23.4 Å². The molecule has 10 heteroatoms. The van der Waals surface area contributed by atoms with Crippen LogP contribution in [0.4, 0.5) is 11.4 Å². The number of carbonyl (C=O) groups excluding carboxylic acids is 3. The van der Waals surface area contributed by atoms with Crippen molar-refractivity contribution >= 4 is 52.5 Å². The molecule has 49 heavy (non-hydrogen) atoms. The van der Waals surface area contributed by atoms with Crippen molar-refractivity contribution in [2.75, 3.05) is 36.1 Å². The number of thioether (sulfide) groups is 1. The highest BCUT2D eigenvalue weighted by atomic mass is 35.5. The molecule has 6 atom stereocenters. The highest BCUT2D eigenvalue weighted by Crippen LogP contribution is 2.72. The molecule has 8 nitrogen and oxygen atoms in total. The number of likely N-dealkylation sites (tertiary alicyclic amines) is 1. The maximum Gasteiger partial charge on any atom is 0.251 e. The third-order valence-electron chi connectivity index (χ3n) is 10.2. The molecule has 0 radical (unpaired) electrons. The molecule has 6 rings (SSSR count). The Hall–Kier alpha value is -4.05. The second kappa shape index (κ2) is 14.1. The second-order valence-electron chi connectivity index (χ2n) is 12.9. The molecule has 256 valence electrons. The summed E-state index contributed by atoms with van der Waals surface area (Å²) in [6.45, 7) is 12.3. The lowest BCUT2D eigenvalue weighted by molar-refractivity contribution is -0.142. The number of aliphatic hydroxyl groups excluding tert-OH is 1. The van der Waals surface area contributed by atoms with Gasteiger partial charge in [-0.15, -0.1) is 24.9 Å². The number of amides is 3. The fraction of sp³-hybridized carbons (Fsp3) is 0.359. The number of aliphatic hydroxyl groups is 1. The number of rotatable bonds is 13. The first-order chi connectivity index (χ1) is 23.7. The van der Waals surface area contributed by atoms with Crippen LogP contribution in [-0.2, 0) is 14.4 Å². The van der Waals surface area contributed by atoms with Crippen molar-refractivity contribution in [3.8, 4) is 5.75 Å². The van der Waals surface area contributed by atoms with Crippen molar-refractivity contribution in [1.82, 2.24) is 4.90 Å². The number of ether oxygens (including phenoxy) is 1. The van der Waals surface area contributed by atoms with E-state index in [2.05, 4.69) is 13.2 Å². The van der Waals surface area contributed by atoms with Gasteiger partial charge in [0, 0.05) is 23.5 Å². The molecule has 3 heterocycles. The fourth-order valence-electron chi connectivity index (χ4n) is 8.15. The van der Waals surface area contributed by atoms with Crippen LogP contribution in [0.3, 0.4) is 0 Å². The van der Waals surface area contributed by atoms with Crippen molar-refractivity contribution in [3.05, 3.63) is 115 Å². The Morgan fingerprint density at radius 3 is 2.29 bits per heavy atom. The largest absolute Gasteiger partial charge is 0.494 e. The van der Waals surface area contributed by atoms with Crippen LogP contribution in [0.15, 0.2) is 104 Å². The van der Waals surface area contributed by atoms with E-state index in [1.54, 1.807) is 56.8 Å². The first kappa shape index (κ1) is 34.8. The maximum absolute atomic E-state index is 15.2. The summed E-state index contributed by atoms with van der Waals surface area (Å²) in [4.78, 5) is 50.0. The topological polar surface area (TPSA) is 90.4 Å². The van der Waals surface area contributed by atoms with Crippen LogP contribution in [-0.4, -0.2) is 69.6 Å². The van der Waals surface area contributed by atoms with Gasteiger partial charge in [0.25, 0.3) is 5.91 Å². The predicted molar refractivity (Wildman–Crippen MR) is 196 cm³/mol. The van der Waals surface area contributed by atoms with E-state index in [1.807, 2.05) is 74.5 Å². The number of halogens is 1. The molecule has 2 unspecified atom stereocenters. The zero-order valence-corrected chi connectivity index (χ0v) is 29.4. The minimum absolute atomic E-state index is 0.159. The zero-order valence-electron chi connectivity index (χ0n) is 27.8. The van der Waals surface area contributed by atoms with Crippen molar-refractivity contribution in [1.29, 1.82) is 0 Å². The lowest BCUT2D eigenvalue weighted by atomic mass is 9.66. The van der Waals surface area contributed by atoms with Crippen LogP contribution in [0.2, 0.25) is 5.02 Å². The molecule has 3 amide bonds. The lowest BCUT2D eigenvalue weighted by Gasteiger charge is -2.40. The average molecular weight is 700 g/mol. The number of para-hydroxylation sites is 1. The number of carbonyl (C=O) groups is 3. The van der Waals surface area contributed by atoms with E-state index in [9.17, 15) is 9.90 Å². The Labute approximate surface area is 297 Å². The third-order valence-corrected chi connectivity index (χ3v) is 12.5. The van der Waals surface area contributed by atoms with Crippen LogP contribution in [0.25, 0.3) is 0 Å². The average Bonchev–Trinajstić information content (AvgIpc) is 3.68. The Kier molecular flexibility index (Phi) is 9.98. The van der Waals surface area contributed by atoms with Crippen LogP contribution in [0.5, 0.6) is 5.75 Å². The number of hydrogen-bond donors (Lipinski definition) is 1. The monoisotopic (exact) mass is 699 g/mol. The normalized spacial score (nSPS) is 25.8. The zero-order chi connectivity index (χ0) is 34.9. The van der Waals surface area contributed by atoms with Gasteiger partial charge in [0.1, 0.15) is 11.8 Å². The number of benzene rings is 3. The molecule has 0 aromatic heterocycles. The first-order valence-electron chi connectivity index (χ1n) is 16.7. The lowest BCUT2D eigenvalue weighted by Crippen LogP contribution is -2.56. The van der Waals surface area contributed by atoms with Crippen molar-refractivity contribution in [3.63, 3.8) is 0 Å². The Morgan fingerprint density at radius 2 is 1.65 bits per heavy atom. The highest BCUT2D eigenvalue weighted by Gasteiger charge is 2.78. The van der Waals surface area contributed by atoms with Crippen LogP contribution in [0.1, 0.15) is 38.3 Å². The molecule has 3 fully saturated rings. The predicted octanol–water partition coefficient (Wildman–Crippen LogP) is 6.69. The second-order valence-corrected chi connectivity index (χ2v) is 15.2. The summed E-state index contributed by atoms with van der Waals surface area (Å²) in [5.74, 6) is -1.66.